The average molecular weight is 645 g/mol. The first-order chi connectivity index (χ1) is 22.6. The number of carbonyl (C=O) groups is 2. The normalized spacial score (nSPS) is 12.7. The number of hydrogen-bond donors (Lipinski definition) is 1. The molecule has 0 aliphatic heterocycles. The summed E-state index contributed by atoms with van der Waals surface area (Å²) < 4.78 is 10.6. The van der Waals surface area contributed by atoms with Gasteiger partial charge in [-0.3, -0.25) is 9.59 Å². The van der Waals surface area contributed by atoms with Crippen LogP contribution in [0.3, 0.4) is 0 Å². The van der Waals surface area contributed by atoms with Crippen molar-refractivity contribution < 1.29 is 24.2 Å². The minimum absolute atomic E-state index is 0.0765. The van der Waals surface area contributed by atoms with Crippen molar-refractivity contribution in [1.82, 2.24) is 0 Å². The van der Waals surface area contributed by atoms with Gasteiger partial charge in [-0.1, -0.05) is 140 Å². The van der Waals surface area contributed by atoms with Crippen molar-refractivity contribution in [2.75, 3.05) is 13.2 Å². The van der Waals surface area contributed by atoms with Gasteiger partial charge in [0.15, 0.2) is 6.10 Å². The predicted molar refractivity (Wildman–Crippen MR) is 196 cm³/mol. The molecule has 0 radical (unpaired) electrons. The van der Waals surface area contributed by atoms with E-state index in [2.05, 4.69) is 62.5 Å². The van der Waals surface area contributed by atoms with E-state index in [-0.39, 0.29) is 25.2 Å². The van der Waals surface area contributed by atoms with Crippen LogP contribution in [0.25, 0.3) is 0 Å². The first kappa shape index (κ1) is 43.9. The van der Waals surface area contributed by atoms with Crippen LogP contribution < -0.4 is 0 Å². The molecule has 0 heterocycles. The number of hydrogen-bond acceptors (Lipinski definition) is 5. The number of aliphatic hydroxyl groups excluding tert-OH is 1. The zero-order chi connectivity index (χ0) is 33.6. The Morgan fingerprint density at radius 2 is 0.870 bits per heavy atom. The summed E-state index contributed by atoms with van der Waals surface area (Å²) in [5.74, 6) is -0.618. The summed E-state index contributed by atoms with van der Waals surface area (Å²) in [5, 5.41) is 9.54. The maximum atomic E-state index is 12.1. The van der Waals surface area contributed by atoms with Crippen LogP contribution in [0, 0.1) is 0 Å². The van der Waals surface area contributed by atoms with E-state index < -0.39 is 6.10 Å². The minimum atomic E-state index is -0.781. The van der Waals surface area contributed by atoms with Crippen molar-refractivity contribution in [2.45, 2.75) is 187 Å². The Labute approximate surface area is 284 Å². The third kappa shape index (κ3) is 34.7. The van der Waals surface area contributed by atoms with Crippen molar-refractivity contribution in [3.63, 3.8) is 0 Å². The lowest BCUT2D eigenvalue weighted by atomic mass is 10.1. The Morgan fingerprint density at radius 1 is 0.500 bits per heavy atom. The van der Waals surface area contributed by atoms with Gasteiger partial charge >= 0.3 is 11.9 Å². The molecule has 0 saturated heterocycles. The highest BCUT2D eigenvalue weighted by molar-refractivity contribution is 5.70. The van der Waals surface area contributed by atoms with Gasteiger partial charge < -0.3 is 14.6 Å². The van der Waals surface area contributed by atoms with Crippen molar-refractivity contribution in [2.24, 2.45) is 0 Å². The molecule has 0 rings (SSSR count). The SMILES string of the molecule is CCCCC/C=C/C/C=C/CCCCCCCCCC(=O)OC[C@H](CO)OC(=O)CCCCCCC/C=C/C/C=C/CCCCC. The summed E-state index contributed by atoms with van der Waals surface area (Å²) in [7, 11) is 0. The highest BCUT2D eigenvalue weighted by Gasteiger charge is 2.16. The molecule has 0 aromatic carbocycles. The van der Waals surface area contributed by atoms with Gasteiger partial charge in [0.25, 0.3) is 0 Å². The van der Waals surface area contributed by atoms with E-state index in [9.17, 15) is 14.7 Å². The summed E-state index contributed by atoms with van der Waals surface area (Å²) >= 11 is 0. The molecule has 0 aromatic heterocycles. The molecule has 5 nitrogen and oxygen atoms in total. The summed E-state index contributed by atoms with van der Waals surface area (Å²) in [6.45, 7) is 4.06. The van der Waals surface area contributed by atoms with Gasteiger partial charge in [-0.2, -0.15) is 0 Å². The van der Waals surface area contributed by atoms with E-state index >= 15 is 0 Å². The topological polar surface area (TPSA) is 72.8 Å². The number of ether oxygens (including phenoxy) is 2. The summed E-state index contributed by atoms with van der Waals surface area (Å²) in [6, 6.07) is 0. The van der Waals surface area contributed by atoms with Gasteiger partial charge in [0.1, 0.15) is 6.61 Å². The molecule has 0 bridgehead atoms. The van der Waals surface area contributed by atoms with Crippen molar-refractivity contribution in [3.8, 4) is 0 Å². The fourth-order valence-corrected chi connectivity index (χ4v) is 5.14. The van der Waals surface area contributed by atoms with Gasteiger partial charge in [0.05, 0.1) is 6.61 Å². The third-order valence-corrected chi connectivity index (χ3v) is 8.10. The Kier molecular flexibility index (Phi) is 35.6. The van der Waals surface area contributed by atoms with Crippen LogP contribution in [-0.2, 0) is 19.1 Å². The number of unbranched alkanes of at least 4 members (excludes halogenated alkanes) is 18. The largest absolute Gasteiger partial charge is 0.462 e. The van der Waals surface area contributed by atoms with Crippen LogP contribution in [0.15, 0.2) is 48.6 Å². The molecule has 46 heavy (non-hydrogen) atoms. The highest BCUT2D eigenvalue weighted by Crippen LogP contribution is 2.12. The van der Waals surface area contributed by atoms with E-state index in [0.717, 1.165) is 70.6 Å². The summed E-state index contributed by atoms with van der Waals surface area (Å²) in [4.78, 5) is 24.2. The first-order valence-electron chi connectivity index (χ1n) is 19.2. The van der Waals surface area contributed by atoms with Gasteiger partial charge in [-0.15, -0.1) is 0 Å². The Balaban J connectivity index is 3.61. The maximum absolute atomic E-state index is 12.1. The van der Waals surface area contributed by atoms with Gasteiger partial charge in [0, 0.05) is 12.8 Å². The van der Waals surface area contributed by atoms with E-state index in [1.807, 2.05) is 0 Å². The van der Waals surface area contributed by atoms with Crippen LogP contribution in [0.2, 0.25) is 0 Å². The second-order valence-corrected chi connectivity index (χ2v) is 12.6. The molecule has 0 amide bonds. The second-order valence-electron chi connectivity index (χ2n) is 12.6. The fraction of sp³-hybridized carbons (Fsp3) is 0.756. The van der Waals surface area contributed by atoms with Crippen LogP contribution in [-0.4, -0.2) is 36.4 Å². The maximum Gasteiger partial charge on any atom is 0.306 e. The van der Waals surface area contributed by atoms with Crippen LogP contribution in [0.5, 0.6) is 0 Å². The average Bonchev–Trinajstić information content (AvgIpc) is 3.06. The molecule has 0 fully saturated rings. The molecule has 5 heteroatoms. The van der Waals surface area contributed by atoms with Crippen LogP contribution in [0.4, 0.5) is 0 Å². The van der Waals surface area contributed by atoms with Crippen LogP contribution in [0.1, 0.15) is 181 Å². The number of allylic oxidation sites excluding steroid dienone is 8. The molecule has 0 aliphatic carbocycles. The van der Waals surface area contributed by atoms with E-state index in [1.165, 1.54) is 83.5 Å². The van der Waals surface area contributed by atoms with Crippen molar-refractivity contribution in [3.05, 3.63) is 48.6 Å². The van der Waals surface area contributed by atoms with Crippen LogP contribution >= 0.6 is 0 Å². The molecule has 0 unspecified atom stereocenters. The third-order valence-electron chi connectivity index (χ3n) is 8.10. The molecule has 266 valence electrons. The highest BCUT2D eigenvalue weighted by atomic mass is 16.6. The fourth-order valence-electron chi connectivity index (χ4n) is 5.14. The van der Waals surface area contributed by atoms with E-state index in [0.29, 0.717) is 12.8 Å². The number of carbonyl (C=O) groups excluding carboxylic acids is 2. The molecular weight excluding hydrogens is 572 g/mol. The first-order valence-corrected chi connectivity index (χ1v) is 19.2. The van der Waals surface area contributed by atoms with Gasteiger partial charge in [0.2, 0.25) is 0 Å². The molecule has 0 aliphatic rings. The smallest absolute Gasteiger partial charge is 0.306 e. The molecule has 1 atom stereocenters. The monoisotopic (exact) mass is 645 g/mol. The number of aliphatic hydroxyl groups is 1. The van der Waals surface area contributed by atoms with Crippen molar-refractivity contribution in [1.29, 1.82) is 0 Å². The Bertz CT molecular complexity index is 782. The standard InChI is InChI=1S/C41H72O5/c1-3-5-7-9-11-13-15-17-19-20-22-23-25-27-29-31-33-35-40(43)45-38-39(37-42)46-41(44)36-34-32-30-28-26-24-21-18-16-14-12-10-8-6-4-2/h11-14,17-19,21,39,42H,3-10,15-16,20,22-38H2,1-2H3/b13-11+,14-12+,19-17+,21-18+/t39-/m0/s1. The molecule has 0 spiro atoms. The van der Waals surface area contributed by atoms with E-state index in [1.54, 1.807) is 0 Å². The quantitative estimate of drug-likeness (QED) is 0.0429. The molecule has 0 saturated carbocycles. The summed E-state index contributed by atoms with van der Waals surface area (Å²) in [5.41, 5.74) is 0. The predicted octanol–water partition coefficient (Wildman–Crippen LogP) is 11.8. The number of rotatable bonds is 34. The zero-order valence-electron chi connectivity index (χ0n) is 30.1. The molecule has 1 N–H and O–H groups in total. The lowest BCUT2D eigenvalue weighted by Crippen LogP contribution is -2.28. The van der Waals surface area contributed by atoms with Crippen molar-refractivity contribution >= 4 is 11.9 Å². The Hall–Kier alpha value is -2.14. The summed E-state index contributed by atoms with van der Waals surface area (Å²) in [6.07, 6.45) is 45.9. The minimum Gasteiger partial charge on any atom is -0.462 e. The molecular formula is C41H72O5. The lowest BCUT2D eigenvalue weighted by Gasteiger charge is -2.15. The number of esters is 2. The van der Waals surface area contributed by atoms with Gasteiger partial charge in [-0.05, 0) is 77.0 Å². The second kappa shape index (κ2) is 37.3. The lowest BCUT2D eigenvalue weighted by molar-refractivity contribution is -0.161. The molecule has 0 aromatic rings. The zero-order valence-corrected chi connectivity index (χ0v) is 30.1. The van der Waals surface area contributed by atoms with E-state index in [4.69, 9.17) is 9.47 Å². The van der Waals surface area contributed by atoms with Gasteiger partial charge in [-0.25, -0.2) is 0 Å². The Morgan fingerprint density at radius 3 is 1.28 bits per heavy atom.